The third-order valence-corrected chi connectivity index (χ3v) is 4.23. The van der Waals surface area contributed by atoms with Gasteiger partial charge in [0.25, 0.3) is 0 Å². The molecule has 1 aliphatic heterocycles. The van der Waals surface area contributed by atoms with Crippen molar-refractivity contribution in [2.45, 2.75) is 38.8 Å². The zero-order valence-corrected chi connectivity index (χ0v) is 13.2. The number of hydrogen-bond donors (Lipinski definition) is 1. The fourth-order valence-corrected chi connectivity index (χ4v) is 2.93. The van der Waals surface area contributed by atoms with Crippen molar-refractivity contribution in [1.82, 2.24) is 5.32 Å². The van der Waals surface area contributed by atoms with E-state index in [-0.39, 0.29) is 12.1 Å². The summed E-state index contributed by atoms with van der Waals surface area (Å²) in [6.07, 6.45) is 2.44. The Morgan fingerprint density at radius 2 is 2.30 bits per heavy atom. The van der Waals surface area contributed by atoms with Gasteiger partial charge in [-0.2, -0.15) is 0 Å². The van der Waals surface area contributed by atoms with E-state index in [9.17, 15) is 0 Å². The van der Waals surface area contributed by atoms with Crippen LogP contribution in [0.25, 0.3) is 0 Å². The predicted octanol–water partition coefficient (Wildman–Crippen LogP) is 3.81. The molecular formula is C16H24ClNO2. The monoisotopic (exact) mass is 297 g/mol. The van der Waals surface area contributed by atoms with Crippen LogP contribution in [0.1, 0.15) is 38.3 Å². The molecule has 1 aromatic carbocycles. The van der Waals surface area contributed by atoms with E-state index in [1.54, 1.807) is 7.11 Å². The van der Waals surface area contributed by atoms with Crippen LogP contribution in [0.15, 0.2) is 18.2 Å². The maximum atomic E-state index is 6.12. The van der Waals surface area contributed by atoms with Crippen molar-refractivity contribution in [2.75, 3.05) is 20.3 Å². The van der Waals surface area contributed by atoms with E-state index in [0.717, 1.165) is 31.7 Å². The Morgan fingerprint density at radius 1 is 1.50 bits per heavy atom. The van der Waals surface area contributed by atoms with E-state index in [2.05, 4.69) is 25.2 Å². The Bertz CT molecular complexity index is 438. The van der Waals surface area contributed by atoms with Crippen LogP contribution < -0.4 is 10.1 Å². The summed E-state index contributed by atoms with van der Waals surface area (Å²) in [7, 11) is 1.65. The molecule has 0 amide bonds. The highest BCUT2D eigenvalue weighted by Gasteiger charge is 2.33. The fraction of sp³-hybridized carbons (Fsp3) is 0.625. The quantitative estimate of drug-likeness (QED) is 0.866. The molecular weight excluding hydrogens is 274 g/mol. The first-order chi connectivity index (χ1) is 9.67. The van der Waals surface area contributed by atoms with Crippen LogP contribution in [0.3, 0.4) is 0 Å². The normalized spacial score (nSPS) is 23.8. The summed E-state index contributed by atoms with van der Waals surface area (Å²) in [5.74, 6) is 1.28. The lowest BCUT2D eigenvalue weighted by atomic mass is 9.92. The smallest absolute Gasteiger partial charge is 0.137 e. The van der Waals surface area contributed by atoms with Crippen molar-refractivity contribution >= 4 is 11.6 Å². The standard InChI is InChI=1S/C16H24ClNO2/c1-4-8-18-15(16-11(2)7-9-20-16)12-5-6-13(17)14(10-12)19-3/h5-6,10-11,15-16,18H,4,7-9H2,1-3H3. The molecule has 20 heavy (non-hydrogen) atoms. The van der Waals surface area contributed by atoms with Crippen molar-refractivity contribution in [3.63, 3.8) is 0 Å². The third-order valence-electron chi connectivity index (χ3n) is 3.92. The lowest BCUT2D eigenvalue weighted by Crippen LogP contribution is -2.35. The molecule has 3 unspecified atom stereocenters. The van der Waals surface area contributed by atoms with E-state index < -0.39 is 0 Å². The highest BCUT2D eigenvalue weighted by Crippen LogP contribution is 2.34. The van der Waals surface area contributed by atoms with E-state index in [1.165, 1.54) is 5.56 Å². The second kappa shape index (κ2) is 7.30. The molecule has 0 saturated carbocycles. The van der Waals surface area contributed by atoms with Crippen molar-refractivity contribution < 1.29 is 9.47 Å². The fourth-order valence-electron chi connectivity index (χ4n) is 2.74. The molecule has 1 saturated heterocycles. The molecule has 0 radical (unpaired) electrons. The van der Waals surface area contributed by atoms with E-state index >= 15 is 0 Å². The Labute approximate surface area is 126 Å². The van der Waals surface area contributed by atoms with Gasteiger partial charge in [0.05, 0.1) is 24.3 Å². The van der Waals surface area contributed by atoms with Gasteiger partial charge in [-0.15, -0.1) is 0 Å². The summed E-state index contributed by atoms with van der Waals surface area (Å²) in [6, 6.07) is 6.17. The van der Waals surface area contributed by atoms with Crippen LogP contribution in [0, 0.1) is 5.92 Å². The average molecular weight is 298 g/mol. The number of methoxy groups -OCH3 is 1. The Hall–Kier alpha value is -0.770. The molecule has 0 aliphatic carbocycles. The SMILES string of the molecule is CCCNC(c1ccc(Cl)c(OC)c1)C1OCCC1C. The molecule has 2 rings (SSSR count). The summed E-state index contributed by atoms with van der Waals surface area (Å²) in [5, 5.41) is 4.25. The predicted molar refractivity (Wildman–Crippen MR) is 82.6 cm³/mol. The van der Waals surface area contributed by atoms with E-state index in [4.69, 9.17) is 21.1 Å². The minimum absolute atomic E-state index is 0.193. The molecule has 1 fully saturated rings. The lowest BCUT2D eigenvalue weighted by Gasteiger charge is -2.28. The van der Waals surface area contributed by atoms with Gasteiger partial charge < -0.3 is 14.8 Å². The van der Waals surface area contributed by atoms with Crippen LogP contribution in [-0.2, 0) is 4.74 Å². The van der Waals surface area contributed by atoms with E-state index in [1.807, 2.05) is 12.1 Å². The van der Waals surface area contributed by atoms with Gasteiger partial charge in [-0.25, -0.2) is 0 Å². The Balaban J connectivity index is 2.25. The van der Waals surface area contributed by atoms with Gasteiger partial charge in [0.1, 0.15) is 5.75 Å². The number of ether oxygens (including phenoxy) is 2. The zero-order chi connectivity index (χ0) is 14.5. The van der Waals surface area contributed by atoms with Crippen molar-refractivity contribution in [3.8, 4) is 5.75 Å². The summed E-state index contributed by atoms with van der Waals surface area (Å²) in [5.41, 5.74) is 1.18. The maximum absolute atomic E-state index is 6.12. The summed E-state index contributed by atoms with van der Waals surface area (Å²) < 4.78 is 11.3. The third kappa shape index (κ3) is 3.46. The van der Waals surface area contributed by atoms with Crippen LogP contribution >= 0.6 is 11.6 Å². The number of halogens is 1. The molecule has 0 spiro atoms. The highest BCUT2D eigenvalue weighted by atomic mass is 35.5. The molecule has 0 aromatic heterocycles. The Morgan fingerprint density at radius 3 is 2.90 bits per heavy atom. The second-order valence-corrected chi connectivity index (χ2v) is 5.83. The van der Waals surface area contributed by atoms with Crippen LogP contribution in [0.2, 0.25) is 5.02 Å². The lowest BCUT2D eigenvalue weighted by molar-refractivity contribution is 0.0606. The van der Waals surface area contributed by atoms with Gasteiger partial charge in [0.2, 0.25) is 0 Å². The van der Waals surface area contributed by atoms with Gasteiger partial charge in [0, 0.05) is 6.61 Å². The molecule has 4 heteroatoms. The molecule has 1 heterocycles. The minimum Gasteiger partial charge on any atom is -0.495 e. The molecule has 3 atom stereocenters. The van der Waals surface area contributed by atoms with Gasteiger partial charge in [0.15, 0.2) is 0 Å². The van der Waals surface area contributed by atoms with E-state index in [0.29, 0.717) is 10.9 Å². The summed E-state index contributed by atoms with van der Waals surface area (Å²) in [6.45, 7) is 6.25. The second-order valence-electron chi connectivity index (χ2n) is 5.43. The largest absolute Gasteiger partial charge is 0.495 e. The number of rotatable bonds is 6. The van der Waals surface area contributed by atoms with Crippen LogP contribution in [-0.4, -0.2) is 26.4 Å². The zero-order valence-electron chi connectivity index (χ0n) is 12.5. The topological polar surface area (TPSA) is 30.5 Å². The molecule has 112 valence electrons. The van der Waals surface area contributed by atoms with Crippen molar-refractivity contribution in [1.29, 1.82) is 0 Å². The molecule has 0 bridgehead atoms. The van der Waals surface area contributed by atoms with Crippen molar-refractivity contribution in [3.05, 3.63) is 28.8 Å². The molecule has 1 aliphatic rings. The van der Waals surface area contributed by atoms with Crippen molar-refractivity contribution in [2.24, 2.45) is 5.92 Å². The minimum atomic E-state index is 0.193. The number of benzene rings is 1. The van der Waals surface area contributed by atoms with Gasteiger partial charge in [-0.05, 0) is 43.0 Å². The first-order valence-electron chi connectivity index (χ1n) is 7.35. The maximum Gasteiger partial charge on any atom is 0.137 e. The highest BCUT2D eigenvalue weighted by molar-refractivity contribution is 6.32. The first kappa shape index (κ1) is 15.6. The number of hydrogen-bond acceptors (Lipinski definition) is 3. The number of nitrogens with one attached hydrogen (secondary N) is 1. The summed E-state index contributed by atoms with van der Waals surface area (Å²) >= 11 is 6.12. The van der Waals surface area contributed by atoms with Gasteiger partial charge >= 0.3 is 0 Å². The Kier molecular flexibility index (Phi) is 5.70. The molecule has 1 N–H and O–H groups in total. The molecule has 1 aromatic rings. The average Bonchev–Trinajstić information content (AvgIpc) is 2.87. The van der Waals surface area contributed by atoms with Gasteiger partial charge in [-0.3, -0.25) is 0 Å². The van der Waals surface area contributed by atoms with Gasteiger partial charge in [-0.1, -0.05) is 31.5 Å². The summed E-state index contributed by atoms with van der Waals surface area (Å²) in [4.78, 5) is 0. The van der Waals surface area contributed by atoms with Crippen LogP contribution in [0.5, 0.6) is 5.75 Å². The van der Waals surface area contributed by atoms with Crippen LogP contribution in [0.4, 0.5) is 0 Å². The molecule has 3 nitrogen and oxygen atoms in total. The first-order valence-corrected chi connectivity index (χ1v) is 7.73.